The topological polar surface area (TPSA) is 51.6 Å². The van der Waals surface area contributed by atoms with Gasteiger partial charge < -0.3 is 0 Å². The summed E-state index contributed by atoms with van der Waals surface area (Å²) in [7, 11) is 0. The Kier molecular flexibility index (Phi) is 3.13. The van der Waals surface area contributed by atoms with Crippen LogP contribution in [0.3, 0.4) is 0 Å². The molecule has 0 spiro atoms. The minimum Gasteiger partial charge on any atom is -0.0622 e. The van der Waals surface area contributed by atoms with E-state index >= 15 is 0 Å². The van der Waals surface area contributed by atoms with Gasteiger partial charge >= 0.3 is 0 Å². The van der Waals surface area contributed by atoms with E-state index in [2.05, 4.69) is 10.3 Å². The Bertz CT molecular complexity index is 780. The monoisotopic (exact) mass is 264 g/mol. The largest absolute Gasteiger partial charge is 0.219 e. The Hall–Kier alpha value is -2.75. The summed E-state index contributed by atoms with van der Waals surface area (Å²) in [6.45, 7) is 1.79. The standard InChI is InChI=1S/C16H14N3O/c1-12-15(13-8-4-2-5-9-13)16(17-18-19(12)20)14-10-6-3-7-11-14/h2-11H,1H3,(H,18,20)/q+1. The summed E-state index contributed by atoms with van der Waals surface area (Å²) in [4.78, 5) is 11.8. The molecule has 0 radical (unpaired) electrons. The van der Waals surface area contributed by atoms with Crippen LogP contribution in [0.1, 0.15) is 5.69 Å². The molecule has 0 amide bonds. The lowest BCUT2D eigenvalue weighted by Gasteiger charge is -2.05. The van der Waals surface area contributed by atoms with Crippen LogP contribution in [0.5, 0.6) is 0 Å². The third-order valence-corrected chi connectivity index (χ3v) is 3.27. The van der Waals surface area contributed by atoms with Crippen molar-refractivity contribution in [2.45, 2.75) is 6.92 Å². The lowest BCUT2D eigenvalue weighted by atomic mass is 9.98. The van der Waals surface area contributed by atoms with Gasteiger partial charge in [-0.2, -0.15) is 0 Å². The van der Waals surface area contributed by atoms with Crippen molar-refractivity contribution in [2.24, 2.45) is 0 Å². The highest BCUT2D eigenvalue weighted by Crippen LogP contribution is 2.30. The molecule has 0 saturated carbocycles. The number of aromatic amines is 1. The number of aromatic nitrogens is 3. The van der Waals surface area contributed by atoms with Crippen LogP contribution in [0.15, 0.2) is 60.7 Å². The predicted molar refractivity (Wildman–Crippen MR) is 77.6 cm³/mol. The van der Waals surface area contributed by atoms with Gasteiger partial charge in [0.1, 0.15) is 0 Å². The Morgan fingerprint density at radius 1 is 0.900 bits per heavy atom. The summed E-state index contributed by atoms with van der Waals surface area (Å²) in [5, 5.41) is 6.70. The molecule has 0 aliphatic rings. The first kappa shape index (κ1) is 12.3. The summed E-state index contributed by atoms with van der Waals surface area (Å²) in [5.41, 5.74) is 4.19. The lowest BCUT2D eigenvalue weighted by Crippen LogP contribution is -2.26. The molecule has 0 bridgehead atoms. The van der Waals surface area contributed by atoms with E-state index in [1.807, 2.05) is 60.7 Å². The fraction of sp³-hybridized carbons (Fsp3) is 0.0625. The highest BCUT2D eigenvalue weighted by Gasteiger charge is 2.20. The molecular weight excluding hydrogens is 250 g/mol. The van der Waals surface area contributed by atoms with Crippen LogP contribution in [0.25, 0.3) is 22.4 Å². The zero-order valence-corrected chi connectivity index (χ0v) is 11.1. The van der Waals surface area contributed by atoms with Crippen LogP contribution in [-0.2, 0) is 0 Å². The van der Waals surface area contributed by atoms with Crippen molar-refractivity contribution in [3.63, 3.8) is 0 Å². The van der Waals surface area contributed by atoms with Gasteiger partial charge in [0.25, 0.3) is 0 Å². The van der Waals surface area contributed by atoms with E-state index in [0.717, 1.165) is 22.4 Å². The zero-order chi connectivity index (χ0) is 13.9. The van der Waals surface area contributed by atoms with E-state index in [0.29, 0.717) is 10.2 Å². The minimum atomic E-state index is 0.602. The molecule has 1 heterocycles. The van der Waals surface area contributed by atoms with E-state index in [1.165, 1.54) is 0 Å². The summed E-state index contributed by atoms with van der Waals surface area (Å²) in [5.74, 6) is 0. The molecule has 0 fully saturated rings. The fourth-order valence-corrected chi connectivity index (χ4v) is 2.25. The Balaban J connectivity index is 2.32. The molecule has 0 aliphatic carbocycles. The number of nitrogens with one attached hydrogen (secondary N) is 1. The first-order valence-electron chi connectivity index (χ1n) is 6.40. The molecule has 0 unspecified atom stereocenters. The molecule has 0 aliphatic heterocycles. The summed E-state index contributed by atoms with van der Waals surface area (Å²) in [6, 6.07) is 19.7. The number of nitrogens with zero attached hydrogens (tertiary/aromatic N) is 2. The number of hydrogen-bond donors (Lipinski definition) is 1. The van der Waals surface area contributed by atoms with Crippen LogP contribution in [-0.4, -0.2) is 10.3 Å². The molecule has 0 saturated heterocycles. The van der Waals surface area contributed by atoms with Crippen LogP contribution >= 0.6 is 0 Å². The second kappa shape index (κ2) is 5.09. The van der Waals surface area contributed by atoms with Crippen LogP contribution in [0.4, 0.5) is 0 Å². The quantitative estimate of drug-likeness (QED) is 0.723. The van der Waals surface area contributed by atoms with Crippen molar-refractivity contribution in [3.05, 3.63) is 71.3 Å². The molecule has 3 aromatic rings. The van der Waals surface area contributed by atoms with Crippen molar-refractivity contribution in [3.8, 4) is 22.4 Å². The Labute approximate surface area is 116 Å². The number of rotatable bonds is 2. The molecular formula is C16H14N3O+. The molecule has 3 rings (SSSR count). The van der Waals surface area contributed by atoms with Crippen molar-refractivity contribution in [1.29, 1.82) is 0 Å². The SMILES string of the molecule is Cc1c(-c2ccccc2)c(-c2ccccc2)n[nH][n+]1=O. The number of hydrogen-bond acceptors (Lipinski definition) is 2. The number of H-pyrrole nitrogens is 1. The summed E-state index contributed by atoms with van der Waals surface area (Å²) in [6.07, 6.45) is 0. The van der Waals surface area contributed by atoms with Gasteiger partial charge in [0, 0.05) is 17.6 Å². The maximum Gasteiger partial charge on any atom is 0.219 e. The second-order valence-electron chi connectivity index (χ2n) is 4.55. The zero-order valence-electron chi connectivity index (χ0n) is 11.1. The molecule has 98 valence electrons. The van der Waals surface area contributed by atoms with E-state index in [-0.39, 0.29) is 0 Å². The number of benzene rings is 2. The third-order valence-electron chi connectivity index (χ3n) is 3.27. The maximum atomic E-state index is 11.8. The first-order valence-corrected chi connectivity index (χ1v) is 6.40. The van der Waals surface area contributed by atoms with Crippen molar-refractivity contribution < 1.29 is 4.54 Å². The molecule has 2 aromatic carbocycles. The van der Waals surface area contributed by atoms with Gasteiger partial charge in [-0.05, 0) is 15.7 Å². The van der Waals surface area contributed by atoms with Crippen molar-refractivity contribution >= 4 is 0 Å². The van der Waals surface area contributed by atoms with Gasteiger partial charge in [0.15, 0.2) is 5.69 Å². The Morgan fingerprint density at radius 2 is 1.45 bits per heavy atom. The molecule has 4 nitrogen and oxygen atoms in total. The summed E-state index contributed by atoms with van der Waals surface area (Å²) < 4.78 is 0.689. The van der Waals surface area contributed by atoms with Gasteiger partial charge in [0.05, 0.1) is 10.1 Å². The second-order valence-corrected chi connectivity index (χ2v) is 4.55. The van der Waals surface area contributed by atoms with E-state index < -0.39 is 0 Å². The van der Waals surface area contributed by atoms with Gasteiger partial charge in [0.2, 0.25) is 5.69 Å². The molecule has 0 atom stereocenters. The maximum absolute atomic E-state index is 11.8. The average molecular weight is 264 g/mol. The van der Waals surface area contributed by atoms with Gasteiger partial charge in [-0.3, -0.25) is 0 Å². The first-order chi connectivity index (χ1) is 9.77. The normalized spacial score (nSPS) is 10.4. The lowest BCUT2D eigenvalue weighted by molar-refractivity contribution is -0.577. The van der Waals surface area contributed by atoms with Gasteiger partial charge in [-0.1, -0.05) is 60.7 Å². The highest BCUT2D eigenvalue weighted by molar-refractivity contribution is 5.81. The smallest absolute Gasteiger partial charge is 0.0622 e. The van der Waals surface area contributed by atoms with Crippen LogP contribution < -0.4 is 4.54 Å². The van der Waals surface area contributed by atoms with Crippen molar-refractivity contribution in [2.75, 3.05) is 0 Å². The molecule has 20 heavy (non-hydrogen) atoms. The van der Waals surface area contributed by atoms with E-state index in [9.17, 15) is 4.91 Å². The summed E-state index contributed by atoms with van der Waals surface area (Å²) >= 11 is 0. The minimum absolute atomic E-state index is 0.602. The average Bonchev–Trinajstić information content (AvgIpc) is 2.51. The fourth-order valence-electron chi connectivity index (χ4n) is 2.25. The van der Waals surface area contributed by atoms with Crippen molar-refractivity contribution in [1.82, 2.24) is 10.3 Å². The Morgan fingerprint density at radius 3 is 2.05 bits per heavy atom. The van der Waals surface area contributed by atoms with E-state index in [4.69, 9.17) is 0 Å². The highest BCUT2D eigenvalue weighted by atomic mass is 16.3. The van der Waals surface area contributed by atoms with Crippen LogP contribution in [0, 0.1) is 11.8 Å². The molecule has 1 N–H and O–H groups in total. The molecule has 1 aromatic heterocycles. The molecule has 4 heteroatoms. The third kappa shape index (κ3) is 2.12. The van der Waals surface area contributed by atoms with Gasteiger partial charge in [-0.25, -0.2) is 0 Å². The predicted octanol–water partition coefficient (Wildman–Crippen LogP) is 2.97. The van der Waals surface area contributed by atoms with E-state index in [1.54, 1.807) is 6.92 Å². The van der Waals surface area contributed by atoms with Crippen LogP contribution in [0.2, 0.25) is 0 Å². The van der Waals surface area contributed by atoms with Gasteiger partial charge in [-0.15, -0.1) is 0 Å².